The SMILES string of the molecule is [C-]#[N+]c1ccc2oc3ccc(-c4cc5c6ccccc6c(-c6ccccc6)cc5c5ccccc45)cc3c2c1.[C-]#[N+]c1ccc2oc3ccc(-c4cc5c6ccccc6c(-c6cccnc6)cc5c5ccccc45)cc3c2c1.[C-]#[N+]c1ccc2oc3ccc(-c4cc5c6ccccc6ccc5c5ccccc45)cc3c2c1. The second-order valence-corrected chi connectivity index (χ2v) is 28.3. The highest BCUT2D eigenvalue weighted by molar-refractivity contribution is 6.27. The maximum atomic E-state index is 7.45. The van der Waals surface area contributed by atoms with Gasteiger partial charge in [0.1, 0.15) is 33.5 Å². The van der Waals surface area contributed by atoms with E-state index in [1.807, 2.05) is 73.1 Å². The molecule has 7 nitrogen and oxygen atoms in total. The Kier molecular flexibility index (Phi) is 15.0. The maximum absolute atomic E-state index is 7.45. The van der Waals surface area contributed by atoms with Gasteiger partial charge in [0.05, 0.1) is 19.7 Å². The molecule has 7 heteroatoms. The van der Waals surface area contributed by atoms with Crippen molar-refractivity contribution in [2.45, 2.75) is 0 Å². The summed E-state index contributed by atoms with van der Waals surface area (Å²) in [7, 11) is 0. The van der Waals surface area contributed by atoms with Crippen LogP contribution in [0, 0.1) is 19.7 Å². The van der Waals surface area contributed by atoms with E-state index in [0.717, 1.165) is 88.1 Å². The van der Waals surface area contributed by atoms with Gasteiger partial charge >= 0.3 is 0 Å². The zero-order chi connectivity index (χ0) is 73.8. The smallest absolute Gasteiger partial charge is 0.188 e. The van der Waals surface area contributed by atoms with Gasteiger partial charge in [-0.1, -0.05) is 231 Å². The third kappa shape index (κ3) is 10.7. The number of pyridine rings is 1. The van der Waals surface area contributed by atoms with Gasteiger partial charge < -0.3 is 13.3 Å². The van der Waals surface area contributed by atoms with Gasteiger partial charge in [0.25, 0.3) is 0 Å². The van der Waals surface area contributed by atoms with E-state index in [9.17, 15) is 0 Å². The lowest BCUT2D eigenvalue weighted by atomic mass is 9.87. The van der Waals surface area contributed by atoms with E-state index >= 15 is 0 Å². The number of nitrogens with zero attached hydrogens (tertiary/aromatic N) is 4. The van der Waals surface area contributed by atoms with E-state index < -0.39 is 0 Å². The number of hydrogen-bond donors (Lipinski definition) is 0. The molecule has 0 bridgehead atoms. The summed E-state index contributed by atoms with van der Waals surface area (Å²) in [5, 5.41) is 28.3. The first kappa shape index (κ1) is 64.0. The van der Waals surface area contributed by atoms with Crippen molar-refractivity contribution >= 4 is 180 Å². The van der Waals surface area contributed by atoms with Crippen molar-refractivity contribution in [3.8, 4) is 55.6 Å². The first-order valence-corrected chi connectivity index (χ1v) is 36.9. The second-order valence-electron chi connectivity index (χ2n) is 28.3. The number of benzene rings is 19. The van der Waals surface area contributed by atoms with E-state index in [4.69, 9.17) is 33.0 Å². The van der Waals surface area contributed by atoms with Crippen LogP contribution in [0.2, 0.25) is 0 Å². The van der Waals surface area contributed by atoms with Crippen molar-refractivity contribution < 1.29 is 13.3 Å². The van der Waals surface area contributed by atoms with Crippen LogP contribution in [0.15, 0.2) is 365 Å². The molecule has 0 radical (unpaired) electrons. The molecule has 4 aromatic heterocycles. The molecule has 111 heavy (non-hydrogen) atoms. The van der Waals surface area contributed by atoms with Gasteiger partial charge in [-0.2, -0.15) is 0 Å². The van der Waals surface area contributed by atoms with Crippen LogP contribution >= 0.6 is 0 Å². The molecule has 0 aliphatic rings. The Balaban J connectivity index is 0.000000106. The van der Waals surface area contributed by atoms with Crippen LogP contribution in [-0.4, -0.2) is 4.98 Å². The van der Waals surface area contributed by atoms with E-state index in [1.165, 1.54) is 130 Å². The van der Waals surface area contributed by atoms with Gasteiger partial charge in [0.15, 0.2) is 17.1 Å². The Hall–Kier alpha value is -15.5. The van der Waals surface area contributed by atoms with Crippen molar-refractivity contribution in [2.24, 2.45) is 0 Å². The minimum Gasteiger partial charge on any atom is -0.456 e. The Morgan fingerprint density at radius 3 is 0.829 bits per heavy atom. The molecular formula is C104H58N4O3. The topological polar surface area (TPSA) is 65.4 Å². The fraction of sp³-hybridized carbons (Fsp3) is 0. The molecule has 0 saturated heterocycles. The van der Waals surface area contributed by atoms with Gasteiger partial charge in [0.2, 0.25) is 0 Å². The number of fused-ring (bicyclic) bond motifs is 24. The summed E-state index contributed by atoms with van der Waals surface area (Å²) in [5.74, 6) is 0. The Labute approximate surface area is 636 Å². The normalized spacial score (nSPS) is 11.6. The summed E-state index contributed by atoms with van der Waals surface area (Å²) in [6.07, 6.45) is 3.75. The number of furan rings is 3. The molecule has 4 heterocycles. The molecule has 0 spiro atoms. The minimum absolute atomic E-state index is 0.614. The lowest BCUT2D eigenvalue weighted by Gasteiger charge is -2.16. The average molecular weight is 1410 g/mol. The molecule has 0 saturated carbocycles. The third-order valence-electron chi connectivity index (χ3n) is 22.3. The van der Waals surface area contributed by atoms with Gasteiger partial charge in [-0.3, -0.25) is 4.98 Å². The first-order valence-electron chi connectivity index (χ1n) is 36.9. The highest BCUT2D eigenvalue weighted by atomic mass is 16.3. The molecule has 0 fully saturated rings. The van der Waals surface area contributed by atoms with Crippen molar-refractivity contribution in [3.63, 3.8) is 0 Å². The molecule has 0 aliphatic heterocycles. The quantitative estimate of drug-likeness (QED) is 0.127. The number of aromatic nitrogens is 1. The summed E-state index contributed by atoms with van der Waals surface area (Å²) in [6, 6.07) is 119. The highest BCUT2D eigenvalue weighted by Crippen LogP contribution is 2.48. The lowest BCUT2D eigenvalue weighted by molar-refractivity contribution is 0.668. The molecule has 0 amide bonds. The van der Waals surface area contributed by atoms with Gasteiger partial charge in [-0.25, -0.2) is 14.5 Å². The van der Waals surface area contributed by atoms with Crippen LogP contribution in [0.3, 0.4) is 0 Å². The summed E-state index contributed by atoms with van der Waals surface area (Å²) >= 11 is 0. The molecule has 0 unspecified atom stereocenters. The minimum atomic E-state index is 0.614. The number of hydrogen-bond acceptors (Lipinski definition) is 4. The van der Waals surface area contributed by atoms with Gasteiger partial charge in [-0.15, -0.1) is 0 Å². The monoisotopic (exact) mass is 1410 g/mol. The zero-order valence-corrected chi connectivity index (χ0v) is 59.5. The van der Waals surface area contributed by atoms with Gasteiger partial charge in [0, 0.05) is 50.3 Å². The van der Waals surface area contributed by atoms with Crippen LogP contribution in [0.1, 0.15) is 0 Å². The summed E-state index contributed by atoms with van der Waals surface area (Å²) in [5.41, 5.74) is 18.5. The zero-order valence-electron chi connectivity index (χ0n) is 59.5. The van der Waals surface area contributed by atoms with Crippen LogP contribution in [0.25, 0.3) is 233 Å². The molecule has 23 aromatic rings. The molecule has 0 aliphatic carbocycles. The molecule has 0 N–H and O–H groups in total. The van der Waals surface area contributed by atoms with Crippen LogP contribution in [-0.2, 0) is 0 Å². The third-order valence-corrected chi connectivity index (χ3v) is 22.3. The Morgan fingerprint density at radius 1 is 0.189 bits per heavy atom. The predicted octanol–water partition coefficient (Wildman–Crippen LogP) is 30.5. The van der Waals surface area contributed by atoms with Crippen molar-refractivity contribution in [1.82, 2.24) is 4.98 Å². The van der Waals surface area contributed by atoms with Gasteiger partial charge in [-0.05, 0) is 256 Å². The summed E-state index contributed by atoms with van der Waals surface area (Å²) in [6.45, 7) is 22.3. The molecular weight excluding hydrogens is 1350 g/mol. The molecule has 23 rings (SSSR count). The fourth-order valence-electron chi connectivity index (χ4n) is 17.1. The first-order chi connectivity index (χ1) is 54.9. The van der Waals surface area contributed by atoms with Crippen LogP contribution in [0.4, 0.5) is 17.1 Å². The standard InChI is InChI=1S/C37H21NO.C36H20N2O.C31H17NO/c1-38-25-16-18-37-35(20-25)34-19-24(15-17-36(34)39-37)31-22-33-28-13-7-5-11-26(28)30(23-9-3-2-4-10-23)21-32(33)29-14-8-6-12-27(29)31;1-37-24-13-15-36-34(18-24)33-17-22(12-14-35(33)39-36)29-19-31-28-11-5-3-9-26(28)30(23-7-6-16-38-21-23)20-32(31)27-10-4-2-8-25(27)29;1-32-21-12-15-31-29(17-21)28-16-20(11-14-30(28)33-31)26-18-27-22-7-3-2-6-19(22)10-13-25(27)23-8-4-5-9-24(23)26/h2-22H;2-21H;2-18H. The molecule has 512 valence electrons. The van der Waals surface area contributed by atoms with Crippen molar-refractivity contribution in [2.75, 3.05) is 0 Å². The predicted molar refractivity (Wildman–Crippen MR) is 462 cm³/mol. The van der Waals surface area contributed by atoms with E-state index in [-0.39, 0.29) is 0 Å². The highest BCUT2D eigenvalue weighted by Gasteiger charge is 2.21. The number of rotatable bonds is 5. The summed E-state index contributed by atoms with van der Waals surface area (Å²) in [4.78, 5) is 15.2. The average Bonchev–Trinajstić information content (AvgIpc) is 1.57. The Morgan fingerprint density at radius 2 is 0.468 bits per heavy atom. The Bertz CT molecular complexity index is 7680. The van der Waals surface area contributed by atoms with Crippen LogP contribution in [0.5, 0.6) is 0 Å². The summed E-state index contributed by atoms with van der Waals surface area (Å²) < 4.78 is 18.3. The molecule has 0 atom stereocenters. The lowest BCUT2D eigenvalue weighted by Crippen LogP contribution is -1.89. The largest absolute Gasteiger partial charge is 0.456 e. The van der Waals surface area contributed by atoms with E-state index in [1.54, 1.807) is 12.1 Å². The van der Waals surface area contributed by atoms with Crippen molar-refractivity contribution in [3.05, 3.63) is 386 Å². The van der Waals surface area contributed by atoms with E-state index in [2.05, 4.69) is 286 Å². The maximum Gasteiger partial charge on any atom is 0.188 e. The molecule has 19 aromatic carbocycles. The van der Waals surface area contributed by atoms with Crippen molar-refractivity contribution in [1.29, 1.82) is 0 Å². The second kappa shape index (κ2) is 26.0. The van der Waals surface area contributed by atoms with Crippen LogP contribution < -0.4 is 0 Å². The fourth-order valence-corrected chi connectivity index (χ4v) is 17.1. The van der Waals surface area contributed by atoms with E-state index in [0.29, 0.717) is 17.1 Å².